The van der Waals surface area contributed by atoms with Crippen LogP contribution in [0.25, 0.3) is 11.3 Å². The van der Waals surface area contributed by atoms with Crippen molar-refractivity contribution in [3.63, 3.8) is 0 Å². The fraction of sp³-hybridized carbons (Fsp3) is 0.421. The Labute approximate surface area is 165 Å². The summed E-state index contributed by atoms with van der Waals surface area (Å²) in [6.07, 6.45) is -3.17. The van der Waals surface area contributed by atoms with E-state index >= 15 is 0 Å². The molecule has 0 saturated carbocycles. The van der Waals surface area contributed by atoms with Gasteiger partial charge in [0.05, 0.1) is 17.3 Å². The van der Waals surface area contributed by atoms with E-state index in [1.165, 1.54) is 6.07 Å². The van der Waals surface area contributed by atoms with E-state index in [2.05, 4.69) is 15.5 Å². The van der Waals surface area contributed by atoms with Crippen molar-refractivity contribution >= 4 is 11.7 Å². The van der Waals surface area contributed by atoms with Crippen LogP contribution in [-0.4, -0.2) is 51.8 Å². The molecule has 2 atom stereocenters. The molecule has 29 heavy (non-hydrogen) atoms. The number of carbonyl (C=O) groups excluding carboxylic acids is 1. The number of likely N-dealkylation sites (N-methyl/N-ethyl adjacent to an activating group) is 1. The van der Waals surface area contributed by atoms with Crippen LogP contribution in [0, 0.1) is 6.92 Å². The largest absolute Gasteiger partial charge is 0.507 e. The predicted molar refractivity (Wildman–Crippen MR) is 101 cm³/mol. The minimum absolute atomic E-state index is 0.0506. The van der Waals surface area contributed by atoms with Gasteiger partial charge in [-0.05, 0) is 56.6 Å². The number of nitrogens with one attached hydrogen (secondary N) is 1. The Balaban J connectivity index is 1.75. The number of aryl methyl sites for hydroxylation is 1. The molecule has 10 heteroatoms. The van der Waals surface area contributed by atoms with Crippen molar-refractivity contribution in [3.05, 3.63) is 35.4 Å². The van der Waals surface area contributed by atoms with Gasteiger partial charge in [-0.2, -0.15) is 13.2 Å². The van der Waals surface area contributed by atoms with Gasteiger partial charge in [0.15, 0.2) is 0 Å². The number of aromatic hydroxyl groups is 1. The van der Waals surface area contributed by atoms with E-state index in [0.717, 1.165) is 12.5 Å². The van der Waals surface area contributed by atoms with Crippen LogP contribution in [-0.2, 0) is 11.0 Å². The quantitative estimate of drug-likeness (QED) is 0.717. The predicted octanol–water partition coefficient (Wildman–Crippen LogP) is 2.54. The number of nitrogens with zero attached hydrogens (tertiary/aromatic N) is 3. The van der Waals surface area contributed by atoms with Gasteiger partial charge in [-0.15, -0.1) is 10.2 Å². The van der Waals surface area contributed by atoms with Crippen LogP contribution in [0.15, 0.2) is 24.3 Å². The number of hydrogen-bond acceptors (Lipinski definition) is 6. The lowest BCUT2D eigenvalue weighted by atomic mass is 9.98. The van der Waals surface area contributed by atoms with Crippen LogP contribution < -0.4 is 11.1 Å². The first kappa shape index (κ1) is 20.8. The zero-order chi connectivity index (χ0) is 21.3. The molecular weight excluding hydrogens is 387 g/mol. The standard InChI is InChI=1S/C19H22F3N5O2/c1-10-7-16(24-12-4-6-14(18(23)29)27(2)9-12)25-26-17(10)13-5-3-11(8-15(13)28)19(20,21)22/h3,5,7-8,12,14,28H,4,6,9H2,1-2H3,(H2,23,29)(H,24,25). The first-order chi connectivity index (χ1) is 13.6. The summed E-state index contributed by atoms with van der Waals surface area (Å²) in [6, 6.07) is 4.24. The molecule has 4 N–H and O–H groups in total. The highest BCUT2D eigenvalue weighted by atomic mass is 19.4. The van der Waals surface area contributed by atoms with Crippen molar-refractivity contribution in [2.75, 3.05) is 18.9 Å². The van der Waals surface area contributed by atoms with Crippen molar-refractivity contribution in [2.24, 2.45) is 5.73 Å². The maximum atomic E-state index is 12.8. The minimum Gasteiger partial charge on any atom is -0.507 e. The van der Waals surface area contributed by atoms with E-state index in [9.17, 15) is 23.1 Å². The Bertz CT molecular complexity index is 919. The number of benzene rings is 1. The third-order valence-corrected chi connectivity index (χ3v) is 5.07. The highest BCUT2D eigenvalue weighted by Gasteiger charge is 2.32. The summed E-state index contributed by atoms with van der Waals surface area (Å²) in [7, 11) is 1.83. The molecule has 0 spiro atoms. The number of nitrogens with two attached hydrogens (primary N) is 1. The number of amides is 1. The highest BCUT2D eigenvalue weighted by Crippen LogP contribution is 2.36. The van der Waals surface area contributed by atoms with Crippen molar-refractivity contribution in [1.82, 2.24) is 15.1 Å². The van der Waals surface area contributed by atoms with E-state index in [1.807, 2.05) is 11.9 Å². The van der Waals surface area contributed by atoms with Crippen molar-refractivity contribution < 1.29 is 23.1 Å². The van der Waals surface area contributed by atoms with Crippen molar-refractivity contribution in [2.45, 2.75) is 38.0 Å². The van der Waals surface area contributed by atoms with E-state index in [-0.39, 0.29) is 23.6 Å². The Morgan fingerprint density at radius 2 is 2.00 bits per heavy atom. The second-order valence-corrected chi connectivity index (χ2v) is 7.27. The second-order valence-electron chi connectivity index (χ2n) is 7.27. The monoisotopic (exact) mass is 409 g/mol. The van der Waals surface area contributed by atoms with E-state index < -0.39 is 17.5 Å². The summed E-state index contributed by atoms with van der Waals surface area (Å²) in [6.45, 7) is 2.35. The molecule has 0 bridgehead atoms. The molecule has 2 heterocycles. The Hall–Kier alpha value is -2.88. The zero-order valence-electron chi connectivity index (χ0n) is 16.0. The van der Waals surface area contributed by atoms with Gasteiger partial charge < -0.3 is 16.2 Å². The van der Waals surface area contributed by atoms with Gasteiger partial charge in [0.2, 0.25) is 5.91 Å². The fourth-order valence-corrected chi connectivity index (χ4v) is 3.56. The maximum Gasteiger partial charge on any atom is 0.416 e. The molecule has 156 valence electrons. The molecule has 1 aliphatic rings. The van der Waals surface area contributed by atoms with E-state index in [1.54, 1.807) is 13.0 Å². The number of phenolic OH excluding ortho intramolecular Hbond substituents is 1. The van der Waals surface area contributed by atoms with Gasteiger partial charge in [-0.3, -0.25) is 9.69 Å². The molecule has 7 nitrogen and oxygen atoms in total. The second kappa shape index (κ2) is 7.86. The number of primary amides is 1. The third-order valence-electron chi connectivity index (χ3n) is 5.07. The van der Waals surface area contributed by atoms with Crippen LogP contribution in [0.3, 0.4) is 0 Å². The number of halogens is 3. The highest BCUT2D eigenvalue weighted by molar-refractivity contribution is 5.80. The Morgan fingerprint density at radius 1 is 1.28 bits per heavy atom. The number of aromatic nitrogens is 2. The number of carbonyl (C=O) groups is 1. The van der Waals surface area contributed by atoms with Crippen LogP contribution in [0.2, 0.25) is 0 Å². The first-order valence-corrected chi connectivity index (χ1v) is 9.07. The van der Waals surface area contributed by atoms with Gasteiger partial charge in [0.25, 0.3) is 0 Å². The SMILES string of the molecule is Cc1cc(NC2CCC(C(N)=O)N(C)C2)nnc1-c1ccc(C(F)(F)F)cc1O. The van der Waals surface area contributed by atoms with Gasteiger partial charge >= 0.3 is 6.18 Å². The lowest BCUT2D eigenvalue weighted by Crippen LogP contribution is -2.51. The number of likely N-dealkylation sites (tertiary alicyclic amines) is 1. The van der Waals surface area contributed by atoms with E-state index in [4.69, 9.17) is 5.73 Å². The van der Waals surface area contributed by atoms with Crippen LogP contribution >= 0.6 is 0 Å². The summed E-state index contributed by atoms with van der Waals surface area (Å²) in [4.78, 5) is 13.3. The van der Waals surface area contributed by atoms with E-state index in [0.29, 0.717) is 36.1 Å². The number of phenols is 1. The minimum atomic E-state index is -4.54. The average Bonchev–Trinajstić information content (AvgIpc) is 2.61. The molecule has 3 rings (SSSR count). The van der Waals surface area contributed by atoms with Crippen molar-refractivity contribution in [3.8, 4) is 17.0 Å². The first-order valence-electron chi connectivity index (χ1n) is 9.07. The number of alkyl halides is 3. The number of rotatable bonds is 4. The molecule has 1 fully saturated rings. The summed E-state index contributed by atoms with van der Waals surface area (Å²) in [5, 5.41) is 21.5. The number of anilines is 1. The normalized spacial score (nSPS) is 20.4. The molecule has 0 aliphatic carbocycles. The molecule has 1 amide bonds. The third kappa shape index (κ3) is 4.58. The average molecular weight is 409 g/mol. The lowest BCUT2D eigenvalue weighted by molar-refractivity contribution is -0.137. The van der Waals surface area contributed by atoms with Gasteiger partial charge in [-0.25, -0.2) is 0 Å². The lowest BCUT2D eigenvalue weighted by Gasteiger charge is -2.35. The molecule has 1 aliphatic heterocycles. The molecular formula is C19H22F3N5O2. The molecule has 0 radical (unpaired) electrons. The summed E-state index contributed by atoms with van der Waals surface area (Å²) in [5.41, 5.74) is 5.58. The molecule has 2 aromatic rings. The van der Waals surface area contributed by atoms with Crippen molar-refractivity contribution in [1.29, 1.82) is 0 Å². The van der Waals surface area contributed by atoms with Gasteiger partial charge in [0.1, 0.15) is 11.6 Å². The summed E-state index contributed by atoms with van der Waals surface area (Å²) < 4.78 is 38.3. The number of piperidine rings is 1. The van der Waals surface area contributed by atoms with Crippen LogP contribution in [0.1, 0.15) is 24.0 Å². The van der Waals surface area contributed by atoms with Gasteiger partial charge in [0, 0.05) is 18.2 Å². The zero-order valence-corrected chi connectivity index (χ0v) is 16.0. The Kier molecular flexibility index (Phi) is 5.65. The Morgan fingerprint density at radius 3 is 2.55 bits per heavy atom. The van der Waals surface area contributed by atoms with Crippen LogP contribution in [0.4, 0.5) is 19.0 Å². The molecule has 2 unspecified atom stereocenters. The summed E-state index contributed by atoms with van der Waals surface area (Å²) in [5.74, 6) is -0.347. The molecule has 1 aromatic carbocycles. The van der Waals surface area contributed by atoms with Crippen LogP contribution in [0.5, 0.6) is 5.75 Å². The maximum absolute atomic E-state index is 12.8. The topological polar surface area (TPSA) is 104 Å². The fourth-order valence-electron chi connectivity index (χ4n) is 3.56. The smallest absolute Gasteiger partial charge is 0.416 e. The number of hydrogen-bond donors (Lipinski definition) is 3. The van der Waals surface area contributed by atoms with Gasteiger partial charge in [-0.1, -0.05) is 0 Å². The molecule has 1 aromatic heterocycles. The molecule has 1 saturated heterocycles. The summed E-state index contributed by atoms with van der Waals surface area (Å²) >= 11 is 0.